The molecular weight excluding hydrogens is 433 g/mol. The van der Waals surface area contributed by atoms with Crippen molar-refractivity contribution in [2.45, 2.75) is 26.6 Å². The summed E-state index contributed by atoms with van der Waals surface area (Å²) < 4.78 is 53.0. The Bertz CT molecular complexity index is 1200. The smallest absolute Gasteiger partial charge is 0.421 e. The van der Waals surface area contributed by atoms with E-state index in [1.54, 1.807) is 24.0 Å². The number of ether oxygens (including phenoxy) is 2. The fraction of sp³-hybridized carbons (Fsp3) is 0.350. The van der Waals surface area contributed by atoms with Crippen LogP contribution in [0.1, 0.15) is 50.7 Å². The third kappa shape index (κ3) is 4.34. The second-order valence-corrected chi connectivity index (χ2v) is 6.65. The molecule has 0 fully saturated rings. The van der Waals surface area contributed by atoms with E-state index in [0.717, 1.165) is 5.52 Å². The molecule has 1 aromatic carbocycles. The molecule has 0 aliphatic rings. The molecule has 0 saturated carbocycles. The van der Waals surface area contributed by atoms with E-state index in [9.17, 15) is 27.6 Å². The van der Waals surface area contributed by atoms with Gasteiger partial charge in [-0.2, -0.15) is 18.3 Å². The number of esters is 2. The predicted molar refractivity (Wildman–Crippen MR) is 104 cm³/mol. The van der Waals surface area contributed by atoms with E-state index in [1.807, 2.05) is 0 Å². The average molecular weight is 452 g/mol. The SMILES string of the molecule is CCOC(=O)c1nn(CC(=O)c2ccc3c(c2)ncn3C)c(C(=O)OCC)c1C(F)(F)F. The Hall–Kier alpha value is -3.70. The van der Waals surface area contributed by atoms with Crippen LogP contribution in [-0.4, -0.2) is 50.3 Å². The fourth-order valence-electron chi connectivity index (χ4n) is 3.13. The molecule has 0 aliphatic heterocycles. The van der Waals surface area contributed by atoms with E-state index < -0.39 is 47.4 Å². The van der Waals surface area contributed by atoms with Crippen LogP contribution in [-0.2, 0) is 29.2 Å². The van der Waals surface area contributed by atoms with Crippen molar-refractivity contribution in [1.29, 1.82) is 0 Å². The molecular formula is C20H19F3N4O5. The summed E-state index contributed by atoms with van der Waals surface area (Å²) in [4.78, 5) is 41.4. The van der Waals surface area contributed by atoms with Crippen molar-refractivity contribution in [1.82, 2.24) is 19.3 Å². The highest BCUT2D eigenvalue weighted by Crippen LogP contribution is 2.35. The quantitative estimate of drug-likeness (QED) is 0.401. The molecule has 0 radical (unpaired) electrons. The molecule has 0 saturated heterocycles. The Morgan fingerprint density at radius 3 is 2.34 bits per heavy atom. The van der Waals surface area contributed by atoms with Crippen LogP contribution in [0.5, 0.6) is 0 Å². The van der Waals surface area contributed by atoms with Crippen molar-refractivity contribution in [2.75, 3.05) is 13.2 Å². The van der Waals surface area contributed by atoms with E-state index in [-0.39, 0.29) is 18.8 Å². The van der Waals surface area contributed by atoms with Crippen LogP contribution in [0.2, 0.25) is 0 Å². The number of benzene rings is 1. The number of rotatable bonds is 7. The first-order valence-corrected chi connectivity index (χ1v) is 9.54. The molecule has 2 aromatic heterocycles. The van der Waals surface area contributed by atoms with Gasteiger partial charge in [0.25, 0.3) is 0 Å². The number of aryl methyl sites for hydroxylation is 1. The molecule has 9 nitrogen and oxygen atoms in total. The van der Waals surface area contributed by atoms with Crippen molar-refractivity contribution in [2.24, 2.45) is 7.05 Å². The monoisotopic (exact) mass is 452 g/mol. The number of nitrogens with zero attached hydrogens (tertiary/aromatic N) is 4. The number of fused-ring (bicyclic) bond motifs is 1. The van der Waals surface area contributed by atoms with Crippen molar-refractivity contribution >= 4 is 28.8 Å². The van der Waals surface area contributed by atoms with Gasteiger partial charge in [-0.25, -0.2) is 19.3 Å². The lowest BCUT2D eigenvalue weighted by molar-refractivity contribution is -0.138. The number of alkyl halides is 3. The van der Waals surface area contributed by atoms with Crippen LogP contribution in [0, 0.1) is 0 Å². The summed E-state index contributed by atoms with van der Waals surface area (Å²) in [6, 6.07) is 4.59. The van der Waals surface area contributed by atoms with Crippen LogP contribution >= 0.6 is 0 Å². The van der Waals surface area contributed by atoms with Gasteiger partial charge in [0.05, 0.1) is 30.6 Å². The largest absolute Gasteiger partial charge is 0.461 e. The third-order valence-corrected chi connectivity index (χ3v) is 4.51. The summed E-state index contributed by atoms with van der Waals surface area (Å²) in [7, 11) is 1.77. The minimum absolute atomic E-state index is 0.146. The minimum atomic E-state index is -5.13. The topological polar surface area (TPSA) is 105 Å². The summed E-state index contributed by atoms with van der Waals surface area (Å²) in [6.07, 6.45) is -3.58. The van der Waals surface area contributed by atoms with Gasteiger partial charge in [-0.3, -0.25) is 4.79 Å². The van der Waals surface area contributed by atoms with Gasteiger partial charge < -0.3 is 14.0 Å². The van der Waals surface area contributed by atoms with Crippen LogP contribution in [0.15, 0.2) is 24.5 Å². The Balaban J connectivity index is 2.09. The lowest BCUT2D eigenvalue weighted by Gasteiger charge is -2.11. The Labute approximate surface area is 179 Å². The van der Waals surface area contributed by atoms with Gasteiger partial charge in [0, 0.05) is 12.6 Å². The van der Waals surface area contributed by atoms with Crippen LogP contribution in [0.4, 0.5) is 13.2 Å². The molecule has 3 rings (SSSR count). The highest BCUT2D eigenvalue weighted by atomic mass is 19.4. The molecule has 0 aliphatic carbocycles. The second-order valence-electron chi connectivity index (χ2n) is 6.65. The number of carbonyl (C=O) groups is 3. The Morgan fingerprint density at radius 1 is 1.06 bits per heavy atom. The Morgan fingerprint density at radius 2 is 1.72 bits per heavy atom. The van der Waals surface area contributed by atoms with Gasteiger partial charge >= 0.3 is 18.1 Å². The molecule has 0 unspecified atom stereocenters. The summed E-state index contributed by atoms with van der Waals surface area (Å²) in [5.41, 5.74) is -2.37. The first-order valence-electron chi connectivity index (χ1n) is 9.54. The maximum atomic E-state index is 13.8. The number of imidazole rings is 1. The summed E-state index contributed by atoms with van der Waals surface area (Å²) in [5.74, 6) is -3.38. The number of hydrogen-bond acceptors (Lipinski definition) is 7. The first-order chi connectivity index (χ1) is 15.1. The molecule has 0 atom stereocenters. The van der Waals surface area contributed by atoms with Crippen LogP contribution in [0.25, 0.3) is 11.0 Å². The number of halogens is 3. The molecule has 12 heteroatoms. The molecule has 2 heterocycles. The first kappa shape index (κ1) is 23.0. The van der Waals surface area contributed by atoms with Gasteiger partial charge in [-0.15, -0.1) is 0 Å². The zero-order chi connectivity index (χ0) is 23.6. The van der Waals surface area contributed by atoms with Gasteiger partial charge in [-0.05, 0) is 32.0 Å². The molecule has 170 valence electrons. The van der Waals surface area contributed by atoms with E-state index in [4.69, 9.17) is 4.74 Å². The van der Waals surface area contributed by atoms with E-state index >= 15 is 0 Å². The zero-order valence-corrected chi connectivity index (χ0v) is 17.4. The van der Waals surface area contributed by atoms with Crippen LogP contribution in [0.3, 0.4) is 0 Å². The molecule has 0 bridgehead atoms. The van der Waals surface area contributed by atoms with Crippen molar-refractivity contribution in [3.05, 3.63) is 47.0 Å². The van der Waals surface area contributed by atoms with Crippen LogP contribution < -0.4 is 0 Å². The standard InChI is InChI=1S/C20H19F3N4O5/c1-4-31-18(29)16-15(20(21,22)23)17(19(30)32-5-2)27(25-16)9-14(28)11-6-7-13-12(8-11)24-10-26(13)3/h6-8,10H,4-5,9H2,1-3H3. The lowest BCUT2D eigenvalue weighted by Crippen LogP contribution is -2.22. The number of hydrogen-bond donors (Lipinski definition) is 0. The molecule has 0 amide bonds. The van der Waals surface area contributed by atoms with Gasteiger partial charge in [-0.1, -0.05) is 0 Å². The van der Waals surface area contributed by atoms with E-state index in [1.165, 1.54) is 26.0 Å². The molecule has 3 aromatic rings. The number of carbonyl (C=O) groups excluding carboxylic acids is 3. The fourth-order valence-corrected chi connectivity index (χ4v) is 3.13. The van der Waals surface area contributed by atoms with Gasteiger partial charge in [0.15, 0.2) is 17.2 Å². The summed E-state index contributed by atoms with van der Waals surface area (Å²) >= 11 is 0. The van der Waals surface area contributed by atoms with Gasteiger partial charge in [0.1, 0.15) is 12.1 Å². The summed E-state index contributed by atoms with van der Waals surface area (Å²) in [6.45, 7) is 1.65. The Kier molecular flexibility index (Phi) is 6.32. The van der Waals surface area contributed by atoms with E-state index in [2.05, 4.69) is 14.8 Å². The number of Topliss-reactive ketones (excluding diaryl/α,β-unsaturated/α-hetero) is 1. The highest BCUT2D eigenvalue weighted by molar-refractivity contribution is 6.00. The molecule has 0 N–H and O–H groups in total. The second kappa shape index (κ2) is 8.81. The number of ketones is 1. The lowest BCUT2D eigenvalue weighted by atomic mass is 10.1. The van der Waals surface area contributed by atoms with Gasteiger partial charge in [0.2, 0.25) is 0 Å². The zero-order valence-electron chi connectivity index (χ0n) is 17.4. The predicted octanol–water partition coefficient (Wildman–Crippen LogP) is 3.02. The average Bonchev–Trinajstić information content (AvgIpc) is 3.29. The minimum Gasteiger partial charge on any atom is -0.461 e. The highest BCUT2D eigenvalue weighted by Gasteiger charge is 2.45. The van der Waals surface area contributed by atoms with E-state index in [0.29, 0.717) is 10.2 Å². The third-order valence-electron chi connectivity index (χ3n) is 4.51. The van der Waals surface area contributed by atoms with Crippen molar-refractivity contribution in [3.63, 3.8) is 0 Å². The van der Waals surface area contributed by atoms with Crippen molar-refractivity contribution in [3.8, 4) is 0 Å². The molecule has 0 spiro atoms. The normalized spacial score (nSPS) is 11.6. The molecule has 32 heavy (non-hydrogen) atoms. The maximum absolute atomic E-state index is 13.8. The summed E-state index contributed by atoms with van der Waals surface area (Å²) in [5, 5.41) is 3.61. The van der Waals surface area contributed by atoms with Crippen molar-refractivity contribution < 1.29 is 37.0 Å². The number of aromatic nitrogens is 4. The maximum Gasteiger partial charge on any atom is 0.421 e.